The molecule has 0 unspecified atom stereocenters. The van der Waals surface area contributed by atoms with E-state index in [1.54, 1.807) is 13.1 Å². The molecule has 0 spiro atoms. The van der Waals surface area contributed by atoms with Gasteiger partial charge in [-0.3, -0.25) is 14.6 Å². The van der Waals surface area contributed by atoms with Crippen LogP contribution in [0.2, 0.25) is 0 Å². The molecule has 0 saturated heterocycles. The van der Waals surface area contributed by atoms with Gasteiger partial charge in [0.15, 0.2) is 10.3 Å². The molecule has 2 aromatic heterocycles. The van der Waals surface area contributed by atoms with Crippen molar-refractivity contribution in [2.75, 3.05) is 11.1 Å². The highest BCUT2D eigenvalue weighted by molar-refractivity contribution is 7.99. The molecule has 1 aromatic carbocycles. The summed E-state index contributed by atoms with van der Waals surface area (Å²) >= 11 is 2.56. The van der Waals surface area contributed by atoms with Gasteiger partial charge in [-0.1, -0.05) is 42.1 Å². The van der Waals surface area contributed by atoms with Crippen molar-refractivity contribution < 1.29 is 4.79 Å². The fraction of sp³-hybridized carbons (Fsp3) is 0.188. The summed E-state index contributed by atoms with van der Waals surface area (Å²) in [5.74, 6) is -0.102. The molecule has 0 aliphatic rings. The van der Waals surface area contributed by atoms with E-state index in [9.17, 15) is 9.59 Å². The van der Waals surface area contributed by atoms with Crippen LogP contribution in [0.4, 0.5) is 5.13 Å². The largest absolute Gasteiger partial charge is 0.301 e. The van der Waals surface area contributed by atoms with E-state index in [0.29, 0.717) is 16.0 Å². The van der Waals surface area contributed by atoms with Crippen molar-refractivity contribution in [2.45, 2.75) is 18.5 Å². The molecule has 0 fully saturated rings. The van der Waals surface area contributed by atoms with E-state index < -0.39 is 0 Å². The minimum absolute atomic E-state index is 0.112. The number of nitrogens with one attached hydrogen (secondary N) is 2. The van der Waals surface area contributed by atoms with E-state index in [4.69, 9.17) is 0 Å². The van der Waals surface area contributed by atoms with E-state index >= 15 is 0 Å². The standard InChI is InChI=1S/C16H15N5O2S2/c1-10-14(23)19-16(21-20-10)24-9-13(22)18-15-17-8-12(25-15)7-11-5-3-2-4-6-11/h2-6,8H,7,9H2,1H3,(H,17,18,22)(H,19,21,23). The number of H-pyrrole nitrogens is 1. The van der Waals surface area contributed by atoms with Gasteiger partial charge in [0.2, 0.25) is 5.91 Å². The quantitative estimate of drug-likeness (QED) is 0.643. The van der Waals surface area contributed by atoms with Crippen molar-refractivity contribution >= 4 is 34.1 Å². The smallest absolute Gasteiger partial charge is 0.273 e. The van der Waals surface area contributed by atoms with Crippen LogP contribution in [0.1, 0.15) is 16.1 Å². The first-order chi connectivity index (χ1) is 12.1. The predicted octanol–water partition coefficient (Wildman–Crippen LogP) is 2.25. The van der Waals surface area contributed by atoms with Gasteiger partial charge in [-0.05, 0) is 12.5 Å². The first kappa shape index (κ1) is 17.3. The van der Waals surface area contributed by atoms with E-state index in [1.807, 2.05) is 18.2 Å². The molecule has 128 valence electrons. The second-order valence-electron chi connectivity index (χ2n) is 5.18. The predicted molar refractivity (Wildman–Crippen MR) is 98.1 cm³/mol. The number of carbonyl (C=O) groups is 1. The van der Waals surface area contributed by atoms with Crippen molar-refractivity contribution in [1.82, 2.24) is 20.2 Å². The van der Waals surface area contributed by atoms with E-state index in [2.05, 4.69) is 37.6 Å². The molecule has 3 aromatic rings. The summed E-state index contributed by atoms with van der Waals surface area (Å²) < 4.78 is 0. The van der Waals surface area contributed by atoms with Crippen LogP contribution in [0.3, 0.4) is 0 Å². The van der Waals surface area contributed by atoms with E-state index in [0.717, 1.165) is 23.1 Å². The molecule has 9 heteroatoms. The molecule has 7 nitrogen and oxygen atoms in total. The molecule has 0 saturated carbocycles. The Labute approximate surface area is 151 Å². The molecular formula is C16H15N5O2S2. The Morgan fingerprint density at radius 3 is 2.84 bits per heavy atom. The van der Waals surface area contributed by atoms with Gasteiger partial charge in [0, 0.05) is 17.5 Å². The number of anilines is 1. The van der Waals surface area contributed by atoms with Gasteiger partial charge in [-0.2, -0.15) is 0 Å². The maximum absolute atomic E-state index is 12.0. The number of aromatic amines is 1. The Morgan fingerprint density at radius 1 is 1.28 bits per heavy atom. The molecular weight excluding hydrogens is 358 g/mol. The Balaban J connectivity index is 1.53. The van der Waals surface area contributed by atoms with Crippen LogP contribution in [-0.2, 0) is 11.2 Å². The Hall–Kier alpha value is -2.52. The zero-order chi connectivity index (χ0) is 17.6. The molecule has 2 heterocycles. The van der Waals surface area contributed by atoms with E-state index in [1.165, 1.54) is 16.9 Å². The highest BCUT2D eigenvalue weighted by Crippen LogP contribution is 2.21. The summed E-state index contributed by atoms with van der Waals surface area (Å²) in [5, 5.41) is 11.2. The number of nitrogens with zero attached hydrogens (tertiary/aromatic N) is 3. The molecule has 2 N–H and O–H groups in total. The van der Waals surface area contributed by atoms with Crippen molar-refractivity contribution in [3.05, 3.63) is 63.0 Å². The number of hydrogen-bond acceptors (Lipinski definition) is 7. The van der Waals surface area contributed by atoms with Crippen LogP contribution < -0.4 is 10.9 Å². The molecule has 0 aliphatic heterocycles. The molecule has 0 radical (unpaired) electrons. The van der Waals surface area contributed by atoms with Gasteiger partial charge in [0.1, 0.15) is 5.69 Å². The van der Waals surface area contributed by atoms with Crippen LogP contribution in [0.15, 0.2) is 46.5 Å². The maximum atomic E-state index is 12.0. The summed E-state index contributed by atoms with van der Waals surface area (Å²) in [6.07, 6.45) is 2.55. The first-order valence-electron chi connectivity index (χ1n) is 7.45. The molecule has 1 amide bonds. The molecule has 0 bridgehead atoms. The average Bonchev–Trinajstić information content (AvgIpc) is 3.03. The van der Waals surface area contributed by atoms with Crippen LogP contribution >= 0.6 is 23.1 Å². The average molecular weight is 373 g/mol. The third-order valence-corrected chi connectivity index (χ3v) is 4.98. The SMILES string of the molecule is Cc1nnc(SCC(=O)Nc2ncc(Cc3ccccc3)s2)[nH]c1=O. The highest BCUT2D eigenvalue weighted by atomic mass is 32.2. The Kier molecular flexibility index (Phi) is 5.56. The third kappa shape index (κ3) is 4.97. The number of aryl methyl sites for hydroxylation is 1. The fourth-order valence-electron chi connectivity index (χ4n) is 1.98. The Bertz CT molecular complexity index is 924. The molecule has 25 heavy (non-hydrogen) atoms. The zero-order valence-electron chi connectivity index (χ0n) is 13.4. The number of hydrogen-bond donors (Lipinski definition) is 2. The summed E-state index contributed by atoms with van der Waals surface area (Å²) in [6.45, 7) is 1.57. The number of benzene rings is 1. The number of thioether (sulfide) groups is 1. The fourth-order valence-corrected chi connectivity index (χ4v) is 3.44. The van der Waals surface area contributed by atoms with Gasteiger partial charge in [-0.25, -0.2) is 4.98 Å². The first-order valence-corrected chi connectivity index (χ1v) is 9.25. The Morgan fingerprint density at radius 2 is 2.08 bits per heavy atom. The van der Waals surface area contributed by atoms with Gasteiger partial charge < -0.3 is 5.32 Å². The van der Waals surface area contributed by atoms with Gasteiger partial charge in [-0.15, -0.1) is 21.5 Å². The second-order valence-corrected chi connectivity index (χ2v) is 7.25. The number of aromatic nitrogens is 4. The number of amides is 1. The van der Waals surface area contributed by atoms with Crippen molar-refractivity contribution in [3.8, 4) is 0 Å². The lowest BCUT2D eigenvalue weighted by Crippen LogP contribution is -2.17. The van der Waals surface area contributed by atoms with Crippen molar-refractivity contribution in [2.24, 2.45) is 0 Å². The maximum Gasteiger partial charge on any atom is 0.273 e. The monoisotopic (exact) mass is 373 g/mol. The van der Waals surface area contributed by atoms with Crippen LogP contribution in [-0.4, -0.2) is 31.8 Å². The third-order valence-electron chi connectivity index (χ3n) is 3.20. The van der Waals surface area contributed by atoms with Crippen LogP contribution in [0, 0.1) is 6.92 Å². The summed E-state index contributed by atoms with van der Waals surface area (Å²) in [6, 6.07) is 10.1. The lowest BCUT2D eigenvalue weighted by molar-refractivity contribution is -0.113. The second kappa shape index (κ2) is 8.04. The van der Waals surface area contributed by atoms with E-state index in [-0.39, 0.29) is 17.2 Å². The lowest BCUT2D eigenvalue weighted by atomic mass is 10.1. The highest BCUT2D eigenvalue weighted by Gasteiger charge is 2.09. The van der Waals surface area contributed by atoms with Crippen LogP contribution in [0.5, 0.6) is 0 Å². The van der Waals surface area contributed by atoms with Gasteiger partial charge in [0.25, 0.3) is 5.56 Å². The van der Waals surface area contributed by atoms with Gasteiger partial charge >= 0.3 is 0 Å². The molecule has 0 atom stereocenters. The topological polar surface area (TPSA) is 101 Å². The van der Waals surface area contributed by atoms with Crippen molar-refractivity contribution in [1.29, 1.82) is 0 Å². The summed E-state index contributed by atoms with van der Waals surface area (Å²) in [7, 11) is 0. The zero-order valence-corrected chi connectivity index (χ0v) is 15.0. The van der Waals surface area contributed by atoms with Crippen molar-refractivity contribution in [3.63, 3.8) is 0 Å². The minimum atomic E-state index is -0.302. The van der Waals surface area contributed by atoms with Crippen LogP contribution in [0.25, 0.3) is 0 Å². The summed E-state index contributed by atoms with van der Waals surface area (Å²) in [4.78, 5) is 31.3. The number of thiazole rings is 1. The number of rotatable bonds is 6. The molecule has 3 rings (SSSR count). The summed E-state index contributed by atoms with van der Waals surface area (Å²) in [5.41, 5.74) is 1.19. The lowest BCUT2D eigenvalue weighted by Gasteiger charge is -2.01. The number of carbonyl (C=O) groups excluding carboxylic acids is 1. The molecule has 0 aliphatic carbocycles. The van der Waals surface area contributed by atoms with Gasteiger partial charge in [0.05, 0.1) is 5.75 Å². The normalized spacial score (nSPS) is 10.6. The minimum Gasteiger partial charge on any atom is -0.301 e.